The average Bonchev–Trinajstić information content (AvgIpc) is 2.18. The van der Waals surface area contributed by atoms with Crippen molar-refractivity contribution in [2.24, 2.45) is 0 Å². The molecule has 0 aliphatic heterocycles. The van der Waals surface area contributed by atoms with E-state index in [2.05, 4.69) is 6.58 Å². The van der Waals surface area contributed by atoms with Crippen LogP contribution in [0.15, 0.2) is 30.8 Å². The lowest BCUT2D eigenvalue weighted by Gasteiger charge is -2.09. The molecule has 1 atom stereocenters. The van der Waals surface area contributed by atoms with Crippen LogP contribution in [0.25, 0.3) is 6.08 Å². The first kappa shape index (κ1) is 9.96. The largest absolute Gasteiger partial charge is 0.394 e. The van der Waals surface area contributed by atoms with E-state index in [1.807, 2.05) is 24.3 Å². The lowest BCUT2D eigenvalue weighted by molar-refractivity contribution is 0.0955. The van der Waals surface area contributed by atoms with Gasteiger partial charge in [-0.15, -0.1) is 0 Å². The summed E-state index contributed by atoms with van der Waals surface area (Å²) in [5.41, 5.74) is 2.02. The molecule has 0 saturated carbocycles. The van der Waals surface area contributed by atoms with E-state index in [0.717, 1.165) is 11.1 Å². The van der Waals surface area contributed by atoms with E-state index >= 15 is 0 Å². The summed E-state index contributed by atoms with van der Waals surface area (Å²) in [7, 11) is 0. The number of aliphatic hydroxyl groups is 2. The molecular weight excluding hydrogens is 164 g/mol. The summed E-state index contributed by atoms with van der Waals surface area (Å²) in [5, 5.41) is 17.9. The molecule has 70 valence electrons. The van der Waals surface area contributed by atoms with Crippen molar-refractivity contribution in [1.82, 2.24) is 0 Å². The maximum atomic E-state index is 9.25. The Morgan fingerprint density at radius 2 is 2.08 bits per heavy atom. The van der Waals surface area contributed by atoms with Crippen LogP contribution < -0.4 is 0 Å². The minimum absolute atomic E-state index is 0.203. The minimum atomic E-state index is -0.680. The van der Waals surface area contributed by atoms with E-state index in [9.17, 15) is 5.11 Å². The fourth-order valence-electron chi connectivity index (χ4n) is 1.24. The molecule has 0 fully saturated rings. The summed E-state index contributed by atoms with van der Waals surface area (Å²) in [6.45, 7) is 3.48. The first-order valence-electron chi connectivity index (χ1n) is 4.27. The monoisotopic (exact) mass is 178 g/mol. The maximum Gasteiger partial charge on any atom is 0.0811 e. The van der Waals surface area contributed by atoms with E-state index in [4.69, 9.17) is 5.11 Å². The first-order chi connectivity index (χ1) is 6.27. The van der Waals surface area contributed by atoms with Crippen molar-refractivity contribution < 1.29 is 10.2 Å². The number of aliphatic hydroxyl groups excluding tert-OH is 2. The van der Waals surface area contributed by atoms with Gasteiger partial charge < -0.3 is 10.2 Å². The van der Waals surface area contributed by atoms with Gasteiger partial charge in [0.05, 0.1) is 12.7 Å². The Kier molecular flexibility index (Phi) is 3.68. The Hall–Kier alpha value is -1.12. The molecule has 0 radical (unpaired) electrons. The highest BCUT2D eigenvalue weighted by molar-refractivity contribution is 5.51. The van der Waals surface area contributed by atoms with Gasteiger partial charge in [-0.25, -0.2) is 0 Å². The molecule has 2 heteroatoms. The van der Waals surface area contributed by atoms with Gasteiger partial charge in [0.2, 0.25) is 0 Å². The van der Waals surface area contributed by atoms with E-state index in [0.29, 0.717) is 6.42 Å². The molecule has 0 spiro atoms. The number of rotatable bonds is 4. The zero-order valence-corrected chi connectivity index (χ0v) is 7.48. The van der Waals surface area contributed by atoms with Gasteiger partial charge in [0.15, 0.2) is 0 Å². The number of hydrogen-bond donors (Lipinski definition) is 2. The number of benzene rings is 1. The van der Waals surface area contributed by atoms with Gasteiger partial charge >= 0.3 is 0 Å². The van der Waals surface area contributed by atoms with Gasteiger partial charge in [-0.05, 0) is 11.1 Å². The molecule has 0 amide bonds. The van der Waals surface area contributed by atoms with Crippen LogP contribution in [0.2, 0.25) is 0 Å². The van der Waals surface area contributed by atoms with Crippen LogP contribution in [0, 0.1) is 0 Å². The number of hydrogen-bond acceptors (Lipinski definition) is 2. The van der Waals surface area contributed by atoms with Crippen LogP contribution in [0.4, 0.5) is 0 Å². The van der Waals surface area contributed by atoms with Crippen LogP contribution in [0.1, 0.15) is 11.1 Å². The van der Waals surface area contributed by atoms with Crippen LogP contribution in [0.5, 0.6) is 0 Å². The van der Waals surface area contributed by atoms with Crippen molar-refractivity contribution in [3.8, 4) is 0 Å². The molecule has 0 saturated heterocycles. The molecule has 0 aliphatic carbocycles. The molecule has 1 aromatic rings. The molecule has 0 aliphatic rings. The van der Waals surface area contributed by atoms with Crippen molar-refractivity contribution in [1.29, 1.82) is 0 Å². The highest BCUT2D eigenvalue weighted by Crippen LogP contribution is 2.11. The summed E-state index contributed by atoms with van der Waals surface area (Å²) in [6.07, 6.45) is 1.54. The van der Waals surface area contributed by atoms with Gasteiger partial charge in [0.1, 0.15) is 0 Å². The van der Waals surface area contributed by atoms with E-state index < -0.39 is 6.10 Å². The van der Waals surface area contributed by atoms with Crippen LogP contribution >= 0.6 is 0 Å². The Balaban J connectivity index is 2.80. The van der Waals surface area contributed by atoms with Gasteiger partial charge in [-0.1, -0.05) is 36.9 Å². The molecule has 1 aromatic carbocycles. The topological polar surface area (TPSA) is 40.5 Å². The lowest BCUT2D eigenvalue weighted by atomic mass is 10.0. The zero-order chi connectivity index (χ0) is 9.68. The predicted octanol–water partition coefficient (Wildman–Crippen LogP) is 1.23. The summed E-state index contributed by atoms with van der Waals surface area (Å²) in [5.74, 6) is 0. The Labute approximate surface area is 78.2 Å². The van der Waals surface area contributed by atoms with Crippen molar-refractivity contribution in [2.45, 2.75) is 12.5 Å². The van der Waals surface area contributed by atoms with Crippen molar-refractivity contribution in [3.05, 3.63) is 42.0 Å². The highest BCUT2D eigenvalue weighted by Gasteiger charge is 2.05. The molecule has 1 rings (SSSR count). The van der Waals surface area contributed by atoms with Crippen LogP contribution in [0.3, 0.4) is 0 Å². The Morgan fingerprint density at radius 3 is 2.69 bits per heavy atom. The standard InChI is InChI=1S/C11H14O2/c1-2-9-5-3-4-6-10(9)7-11(13)8-12/h2-6,11-13H,1,7-8H2. The molecule has 0 bridgehead atoms. The minimum Gasteiger partial charge on any atom is -0.394 e. The average molecular weight is 178 g/mol. The van der Waals surface area contributed by atoms with Gasteiger partial charge in [-0.3, -0.25) is 0 Å². The first-order valence-corrected chi connectivity index (χ1v) is 4.27. The maximum absolute atomic E-state index is 9.25. The molecule has 2 nitrogen and oxygen atoms in total. The quantitative estimate of drug-likeness (QED) is 0.728. The van der Waals surface area contributed by atoms with E-state index in [1.54, 1.807) is 6.08 Å². The van der Waals surface area contributed by atoms with Gasteiger partial charge in [0, 0.05) is 6.42 Å². The molecule has 13 heavy (non-hydrogen) atoms. The Bertz CT molecular complexity index is 281. The normalized spacial score (nSPS) is 12.5. The summed E-state index contributed by atoms with van der Waals surface area (Å²) in [4.78, 5) is 0. The van der Waals surface area contributed by atoms with Gasteiger partial charge in [-0.2, -0.15) is 0 Å². The third kappa shape index (κ3) is 2.68. The highest BCUT2D eigenvalue weighted by atomic mass is 16.3. The van der Waals surface area contributed by atoms with Crippen molar-refractivity contribution in [2.75, 3.05) is 6.61 Å². The summed E-state index contributed by atoms with van der Waals surface area (Å²) >= 11 is 0. The van der Waals surface area contributed by atoms with E-state index in [-0.39, 0.29) is 6.61 Å². The lowest BCUT2D eigenvalue weighted by Crippen LogP contribution is -2.15. The SMILES string of the molecule is C=Cc1ccccc1CC(O)CO. The van der Waals surface area contributed by atoms with Crippen LogP contribution in [-0.2, 0) is 6.42 Å². The second kappa shape index (κ2) is 4.80. The second-order valence-corrected chi connectivity index (χ2v) is 2.94. The molecule has 2 N–H and O–H groups in total. The fraction of sp³-hybridized carbons (Fsp3) is 0.273. The molecular formula is C11H14O2. The van der Waals surface area contributed by atoms with Gasteiger partial charge in [0.25, 0.3) is 0 Å². The third-order valence-corrected chi connectivity index (χ3v) is 1.94. The summed E-state index contributed by atoms with van der Waals surface area (Å²) in [6, 6.07) is 7.70. The van der Waals surface area contributed by atoms with Crippen molar-refractivity contribution >= 4 is 6.08 Å². The Morgan fingerprint density at radius 1 is 1.38 bits per heavy atom. The molecule has 1 unspecified atom stereocenters. The molecule has 0 aromatic heterocycles. The molecule has 0 heterocycles. The second-order valence-electron chi connectivity index (χ2n) is 2.94. The third-order valence-electron chi connectivity index (χ3n) is 1.94. The van der Waals surface area contributed by atoms with E-state index in [1.165, 1.54) is 0 Å². The fourth-order valence-corrected chi connectivity index (χ4v) is 1.24. The predicted molar refractivity (Wildman–Crippen MR) is 53.3 cm³/mol. The smallest absolute Gasteiger partial charge is 0.0811 e. The van der Waals surface area contributed by atoms with Crippen LogP contribution in [-0.4, -0.2) is 22.9 Å². The van der Waals surface area contributed by atoms with Crippen molar-refractivity contribution in [3.63, 3.8) is 0 Å². The summed E-state index contributed by atoms with van der Waals surface area (Å²) < 4.78 is 0. The zero-order valence-electron chi connectivity index (χ0n) is 7.48.